The summed E-state index contributed by atoms with van der Waals surface area (Å²) < 4.78 is 0. The van der Waals surface area contributed by atoms with E-state index in [1.54, 1.807) is 0 Å². The van der Waals surface area contributed by atoms with Gasteiger partial charge in [-0.2, -0.15) is 0 Å². The number of hydrogen-bond acceptors (Lipinski definition) is 1. The van der Waals surface area contributed by atoms with Gasteiger partial charge in [0.2, 0.25) is 0 Å². The molecule has 1 nitrogen and oxygen atoms in total. The summed E-state index contributed by atoms with van der Waals surface area (Å²) in [5.41, 5.74) is 0. The molecule has 0 saturated carbocycles. The van der Waals surface area contributed by atoms with E-state index in [0.29, 0.717) is 0 Å². The van der Waals surface area contributed by atoms with Crippen LogP contribution in [0.3, 0.4) is 0 Å². The Kier molecular flexibility index (Phi) is 7.59. The Bertz CT molecular complexity index is 95.0. The van der Waals surface area contributed by atoms with E-state index in [2.05, 4.69) is 38.1 Å². The van der Waals surface area contributed by atoms with Crippen LogP contribution in [-0.2, 0) is 0 Å². The highest BCUT2D eigenvalue weighted by Gasteiger charge is 1.83. The van der Waals surface area contributed by atoms with E-state index in [0.717, 1.165) is 6.54 Å². The second kappa shape index (κ2) is 7.80. The van der Waals surface area contributed by atoms with E-state index in [4.69, 9.17) is 0 Å². The molecule has 0 atom stereocenters. The fourth-order valence-corrected chi connectivity index (χ4v) is 0.915. The van der Waals surface area contributed by atoms with Gasteiger partial charge in [0.25, 0.3) is 0 Å². The maximum Gasteiger partial charge on any atom is 0.0157 e. The van der Waals surface area contributed by atoms with Crippen LogP contribution in [0, 0.1) is 0 Å². The molecule has 0 radical (unpaired) electrons. The van der Waals surface area contributed by atoms with Crippen LogP contribution >= 0.6 is 0 Å². The molecular formula is C10H21N. The van der Waals surface area contributed by atoms with Crippen LogP contribution in [0.2, 0.25) is 0 Å². The Hall–Kier alpha value is -0.300. The van der Waals surface area contributed by atoms with Gasteiger partial charge in [0.05, 0.1) is 0 Å². The molecular weight excluding hydrogens is 134 g/mol. The Balaban J connectivity index is 3.03. The predicted molar refractivity (Wildman–Crippen MR) is 51.8 cm³/mol. The van der Waals surface area contributed by atoms with Crippen LogP contribution in [0.1, 0.15) is 32.6 Å². The van der Waals surface area contributed by atoms with E-state index in [1.807, 2.05) is 0 Å². The summed E-state index contributed by atoms with van der Waals surface area (Å²) in [5.74, 6) is 0. The van der Waals surface area contributed by atoms with Crippen LogP contribution in [-0.4, -0.2) is 25.5 Å². The van der Waals surface area contributed by atoms with Crippen molar-refractivity contribution in [2.45, 2.75) is 32.6 Å². The smallest absolute Gasteiger partial charge is 0.0157 e. The van der Waals surface area contributed by atoms with Gasteiger partial charge in [0, 0.05) is 6.54 Å². The molecule has 0 unspecified atom stereocenters. The van der Waals surface area contributed by atoms with Gasteiger partial charge in [-0.3, -0.25) is 0 Å². The van der Waals surface area contributed by atoms with Crippen molar-refractivity contribution in [1.29, 1.82) is 0 Å². The van der Waals surface area contributed by atoms with Crippen molar-refractivity contribution >= 4 is 0 Å². The van der Waals surface area contributed by atoms with Crippen molar-refractivity contribution in [2.75, 3.05) is 20.6 Å². The third kappa shape index (κ3) is 9.70. The number of likely N-dealkylation sites (N-methyl/N-ethyl adjacent to an activating group) is 1. The molecule has 0 aromatic carbocycles. The average molecular weight is 155 g/mol. The third-order valence-electron chi connectivity index (χ3n) is 1.61. The Morgan fingerprint density at radius 2 is 1.82 bits per heavy atom. The minimum Gasteiger partial charge on any atom is -0.306 e. The van der Waals surface area contributed by atoms with E-state index < -0.39 is 0 Å². The van der Waals surface area contributed by atoms with Gasteiger partial charge in [-0.05, 0) is 26.9 Å². The van der Waals surface area contributed by atoms with E-state index in [-0.39, 0.29) is 0 Å². The van der Waals surface area contributed by atoms with E-state index in [1.165, 1.54) is 25.7 Å². The maximum absolute atomic E-state index is 2.29. The molecule has 0 saturated heterocycles. The van der Waals surface area contributed by atoms with Crippen molar-refractivity contribution in [3.05, 3.63) is 12.2 Å². The molecule has 0 aromatic heterocycles. The molecule has 0 aliphatic heterocycles. The lowest BCUT2D eigenvalue weighted by atomic mass is 10.2. The zero-order chi connectivity index (χ0) is 8.53. The molecule has 0 aliphatic carbocycles. The van der Waals surface area contributed by atoms with Crippen molar-refractivity contribution in [2.24, 2.45) is 0 Å². The van der Waals surface area contributed by atoms with Gasteiger partial charge in [-0.1, -0.05) is 31.9 Å². The highest BCUT2D eigenvalue weighted by molar-refractivity contribution is 4.83. The molecule has 0 bridgehead atoms. The lowest BCUT2D eigenvalue weighted by Gasteiger charge is -2.03. The minimum atomic E-state index is 1.08. The first-order valence-electron chi connectivity index (χ1n) is 4.57. The summed E-state index contributed by atoms with van der Waals surface area (Å²) in [6.07, 6.45) is 9.82. The number of hydrogen-bond donors (Lipinski definition) is 0. The molecule has 66 valence electrons. The van der Waals surface area contributed by atoms with Gasteiger partial charge >= 0.3 is 0 Å². The average Bonchev–Trinajstić information content (AvgIpc) is 1.96. The normalized spacial score (nSPS) is 11.6. The number of allylic oxidation sites excluding steroid dienone is 1. The van der Waals surface area contributed by atoms with Gasteiger partial charge in [0.1, 0.15) is 0 Å². The SMILES string of the molecule is CCCCCC=CCN(C)C. The zero-order valence-corrected chi connectivity index (χ0v) is 8.14. The van der Waals surface area contributed by atoms with Crippen molar-refractivity contribution < 1.29 is 0 Å². The molecule has 0 aromatic rings. The quantitative estimate of drug-likeness (QED) is 0.421. The first-order valence-corrected chi connectivity index (χ1v) is 4.57. The Morgan fingerprint density at radius 1 is 1.09 bits per heavy atom. The summed E-state index contributed by atoms with van der Waals surface area (Å²) in [7, 11) is 4.19. The molecule has 11 heavy (non-hydrogen) atoms. The molecule has 0 spiro atoms. The molecule has 0 heterocycles. The highest BCUT2D eigenvalue weighted by Crippen LogP contribution is 1.99. The topological polar surface area (TPSA) is 3.24 Å². The summed E-state index contributed by atoms with van der Waals surface area (Å²) in [4.78, 5) is 2.18. The third-order valence-corrected chi connectivity index (χ3v) is 1.61. The van der Waals surface area contributed by atoms with Crippen molar-refractivity contribution in [3.63, 3.8) is 0 Å². The standard InChI is InChI=1S/C10H21N/c1-4-5-6-7-8-9-10-11(2)3/h8-9H,4-7,10H2,1-3H3. The van der Waals surface area contributed by atoms with Crippen LogP contribution in [0.4, 0.5) is 0 Å². The molecule has 0 amide bonds. The second-order valence-electron chi connectivity index (χ2n) is 3.23. The first kappa shape index (κ1) is 10.7. The number of nitrogens with zero attached hydrogens (tertiary/aromatic N) is 1. The Labute approximate surface area is 71.1 Å². The monoisotopic (exact) mass is 155 g/mol. The largest absolute Gasteiger partial charge is 0.306 e. The van der Waals surface area contributed by atoms with Gasteiger partial charge in [-0.15, -0.1) is 0 Å². The van der Waals surface area contributed by atoms with Crippen LogP contribution < -0.4 is 0 Å². The van der Waals surface area contributed by atoms with Crippen molar-refractivity contribution in [1.82, 2.24) is 4.90 Å². The summed E-state index contributed by atoms with van der Waals surface area (Å²) in [5, 5.41) is 0. The zero-order valence-electron chi connectivity index (χ0n) is 8.14. The summed E-state index contributed by atoms with van der Waals surface area (Å²) >= 11 is 0. The van der Waals surface area contributed by atoms with Gasteiger partial charge < -0.3 is 4.90 Å². The maximum atomic E-state index is 2.29. The summed E-state index contributed by atoms with van der Waals surface area (Å²) in [6, 6.07) is 0. The van der Waals surface area contributed by atoms with Gasteiger partial charge in [0.15, 0.2) is 0 Å². The fraction of sp³-hybridized carbons (Fsp3) is 0.800. The van der Waals surface area contributed by atoms with Gasteiger partial charge in [-0.25, -0.2) is 0 Å². The van der Waals surface area contributed by atoms with E-state index in [9.17, 15) is 0 Å². The molecule has 0 aliphatic rings. The van der Waals surface area contributed by atoms with Crippen LogP contribution in [0.5, 0.6) is 0 Å². The predicted octanol–water partition coefficient (Wildman–Crippen LogP) is 2.68. The summed E-state index contributed by atoms with van der Waals surface area (Å²) in [6.45, 7) is 3.32. The van der Waals surface area contributed by atoms with E-state index >= 15 is 0 Å². The lowest BCUT2D eigenvalue weighted by molar-refractivity contribution is 0.456. The molecule has 1 heteroatoms. The second-order valence-corrected chi connectivity index (χ2v) is 3.23. The fourth-order valence-electron chi connectivity index (χ4n) is 0.915. The van der Waals surface area contributed by atoms with Crippen molar-refractivity contribution in [3.8, 4) is 0 Å². The number of unbranched alkanes of at least 4 members (excludes halogenated alkanes) is 3. The molecule has 0 N–H and O–H groups in total. The van der Waals surface area contributed by atoms with Crippen LogP contribution in [0.25, 0.3) is 0 Å². The molecule has 0 fully saturated rings. The number of rotatable bonds is 6. The molecule has 0 rings (SSSR count). The minimum absolute atomic E-state index is 1.08. The first-order chi connectivity index (χ1) is 5.27. The van der Waals surface area contributed by atoms with Crippen LogP contribution in [0.15, 0.2) is 12.2 Å². The lowest BCUT2D eigenvalue weighted by Crippen LogP contribution is -2.10. The highest BCUT2D eigenvalue weighted by atomic mass is 15.0. The Morgan fingerprint density at radius 3 is 2.36 bits per heavy atom.